The highest BCUT2D eigenvalue weighted by atomic mass is 32.1. The zero-order valence-corrected chi connectivity index (χ0v) is 11.4. The maximum atomic E-state index is 12.1. The zero-order valence-electron chi connectivity index (χ0n) is 10.6. The lowest BCUT2D eigenvalue weighted by molar-refractivity contribution is 0.593. The van der Waals surface area contributed by atoms with E-state index < -0.39 is 11.2 Å². The lowest BCUT2D eigenvalue weighted by atomic mass is 10.3. The summed E-state index contributed by atoms with van der Waals surface area (Å²) in [5, 5.41) is 11.6. The molecule has 0 aromatic carbocycles. The molecule has 6 nitrogen and oxygen atoms in total. The van der Waals surface area contributed by atoms with Gasteiger partial charge >= 0.3 is 5.69 Å². The Balaban J connectivity index is 2.59. The monoisotopic (exact) mass is 276 g/mol. The molecule has 0 unspecified atom stereocenters. The Hall–Kier alpha value is -2.20. The van der Waals surface area contributed by atoms with Gasteiger partial charge in [-0.25, -0.2) is 9.78 Å². The summed E-state index contributed by atoms with van der Waals surface area (Å²) >= 11 is 1.45. The van der Waals surface area contributed by atoms with E-state index in [4.69, 9.17) is 5.26 Å². The number of aromatic nitrogens is 3. The van der Waals surface area contributed by atoms with Crippen LogP contribution < -0.4 is 11.2 Å². The summed E-state index contributed by atoms with van der Waals surface area (Å²) in [4.78, 5) is 28.3. The first-order valence-corrected chi connectivity index (χ1v) is 6.60. The molecule has 2 rings (SSSR count). The Kier molecular flexibility index (Phi) is 3.62. The van der Waals surface area contributed by atoms with Crippen molar-refractivity contribution in [2.45, 2.75) is 26.9 Å². The highest BCUT2D eigenvalue weighted by molar-refractivity contribution is 7.09. The van der Waals surface area contributed by atoms with E-state index in [2.05, 4.69) is 4.98 Å². The van der Waals surface area contributed by atoms with Gasteiger partial charge < -0.3 is 0 Å². The van der Waals surface area contributed by atoms with Crippen molar-refractivity contribution < 1.29 is 0 Å². The van der Waals surface area contributed by atoms with E-state index in [1.807, 2.05) is 13.0 Å². The van der Waals surface area contributed by atoms with Crippen LogP contribution in [0.2, 0.25) is 0 Å². The molecule has 0 spiro atoms. The molecule has 0 saturated heterocycles. The molecule has 0 amide bonds. The first-order chi connectivity index (χ1) is 9.06. The van der Waals surface area contributed by atoms with Crippen LogP contribution in [-0.2, 0) is 13.1 Å². The minimum absolute atomic E-state index is 0.0339. The Bertz CT molecular complexity index is 763. The molecule has 2 aromatic heterocycles. The van der Waals surface area contributed by atoms with E-state index in [1.165, 1.54) is 22.1 Å². The van der Waals surface area contributed by atoms with Gasteiger partial charge in [-0.3, -0.25) is 13.9 Å². The van der Waals surface area contributed by atoms with E-state index in [0.717, 1.165) is 9.57 Å². The van der Waals surface area contributed by atoms with Gasteiger partial charge in [-0.05, 0) is 13.8 Å². The minimum Gasteiger partial charge on any atom is -0.299 e. The quantitative estimate of drug-likeness (QED) is 0.827. The number of thiazole rings is 1. The van der Waals surface area contributed by atoms with Gasteiger partial charge in [-0.2, -0.15) is 5.26 Å². The Morgan fingerprint density at radius 2 is 2.21 bits per heavy atom. The van der Waals surface area contributed by atoms with E-state index in [-0.39, 0.29) is 12.1 Å². The van der Waals surface area contributed by atoms with E-state index in [9.17, 15) is 9.59 Å². The molecule has 7 heteroatoms. The van der Waals surface area contributed by atoms with Gasteiger partial charge in [0, 0.05) is 18.1 Å². The van der Waals surface area contributed by atoms with Crippen molar-refractivity contribution in [2.24, 2.45) is 0 Å². The van der Waals surface area contributed by atoms with Crippen LogP contribution in [0.1, 0.15) is 23.2 Å². The Morgan fingerprint density at radius 3 is 2.74 bits per heavy atom. The molecule has 0 fully saturated rings. The highest BCUT2D eigenvalue weighted by Crippen LogP contribution is 2.08. The maximum absolute atomic E-state index is 12.1. The fourth-order valence-electron chi connectivity index (χ4n) is 1.74. The summed E-state index contributed by atoms with van der Waals surface area (Å²) in [6.45, 7) is 4.14. The van der Waals surface area contributed by atoms with Gasteiger partial charge in [0.2, 0.25) is 0 Å². The number of rotatable bonds is 3. The molecule has 0 radical (unpaired) electrons. The van der Waals surface area contributed by atoms with E-state index in [1.54, 1.807) is 12.3 Å². The van der Waals surface area contributed by atoms with Crippen LogP contribution in [-0.4, -0.2) is 14.1 Å². The standard InChI is InChI=1S/C12H12N4O2S/c1-3-15-5-9(4-13)11(17)16(12(15)18)6-10-7-19-8(2)14-10/h5,7H,3,6H2,1-2H3. The number of nitriles is 1. The van der Waals surface area contributed by atoms with Gasteiger partial charge in [0.25, 0.3) is 5.56 Å². The Morgan fingerprint density at radius 1 is 1.47 bits per heavy atom. The third-order valence-corrected chi connectivity index (χ3v) is 3.51. The Labute approximate surface area is 113 Å². The van der Waals surface area contributed by atoms with Crippen LogP contribution in [0.5, 0.6) is 0 Å². The summed E-state index contributed by atoms with van der Waals surface area (Å²) < 4.78 is 2.40. The second-order valence-electron chi connectivity index (χ2n) is 3.97. The summed E-state index contributed by atoms with van der Waals surface area (Å²) in [6.07, 6.45) is 1.30. The second-order valence-corrected chi connectivity index (χ2v) is 5.03. The summed E-state index contributed by atoms with van der Waals surface area (Å²) in [5.41, 5.74) is -0.368. The molecular formula is C12H12N4O2S. The van der Waals surface area contributed by atoms with Gasteiger partial charge in [-0.1, -0.05) is 0 Å². The third kappa shape index (κ3) is 2.48. The van der Waals surface area contributed by atoms with Crippen molar-refractivity contribution in [2.75, 3.05) is 0 Å². The predicted octanol–water partition coefficient (Wildman–Crippen LogP) is 0.715. The largest absolute Gasteiger partial charge is 0.331 e. The number of hydrogen-bond donors (Lipinski definition) is 0. The fourth-order valence-corrected chi connectivity index (χ4v) is 2.34. The molecule has 0 bridgehead atoms. The van der Waals surface area contributed by atoms with Crippen molar-refractivity contribution in [1.82, 2.24) is 14.1 Å². The summed E-state index contributed by atoms with van der Waals surface area (Å²) in [7, 11) is 0. The lowest BCUT2D eigenvalue weighted by Crippen LogP contribution is -2.41. The zero-order chi connectivity index (χ0) is 14.0. The van der Waals surface area contributed by atoms with Crippen LogP contribution in [0.4, 0.5) is 0 Å². The third-order valence-electron chi connectivity index (χ3n) is 2.68. The first kappa shape index (κ1) is 13.2. The molecule has 19 heavy (non-hydrogen) atoms. The molecule has 0 atom stereocenters. The molecule has 0 aliphatic carbocycles. The molecule has 0 aliphatic rings. The second kappa shape index (κ2) is 5.20. The SMILES string of the molecule is CCn1cc(C#N)c(=O)n(Cc2csc(C)n2)c1=O. The molecule has 0 saturated carbocycles. The first-order valence-electron chi connectivity index (χ1n) is 5.72. The minimum atomic E-state index is -0.567. The van der Waals surface area contributed by atoms with Crippen LogP contribution in [0.15, 0.2) is 21.2 Å². The van der Waals surface area contributed by atoms with Gasteiger partial charge in [0.05, 0.1) is 17.2 Å². The molecule has 0 N–H and O–H groups in total. The molecule has 0 aliphatic heterocycles. The molecule has 2 heterocycles. The van der Waals surface area contributed by atoms with Gasteiger partial charge in [-0.15, -0.1) is 11.3 Å². The molecular weight excluding hydrogens is 264 g/mol. The van der Waals surface area contributed by atoms with Gasteiger partial charge in [0.1, 0.15) is 11.6 Å². The average molecular weight is 276 g/mol. The summed E-state index contributed by atoms with van der Waals surface area (Å²) in [5.74, 6) is 0. The van der Waals surface area contributed by atoms with Crippen molar-refractivity contribution in [3.63, 3.8) is 0 Å². The number of aryl methyl sites for hydroxylation is 2. The average Bonchev–Trinajstić information content (AvgIpc) is 2.80. The highest BCUT2D eigenvalue weighted by Gasteiger charge is 2.12. The topological polar surface area (TPSA) is 80.7 Å². The van der Waals surface area contributed by atoms with E-state index >= 15 is 0 Å². The summed E-state index contributed by atoms with van der Waals surface area (Å²) in [6, 6.07) is 1.82. The number of nitrogens with zero attached hydrogens (tertiary/aromatic N) is 4. The normalized spacial score (nSPS) is 10.4. The van der Waals surface area contributed by atoms with Crippen LogP contribution >= 0.6 is 11.3 Å². The van der Waals surface area contributed by atoms with E-state index in [0.29, 0.717) is 12.2 Å². The van der Waals surface area contributed by atoms with Crippen molar-refractivity contribution in [3.8, 4) is 6.07 Å². The smallest absolute Gasteiger partial charge is 0.299 e. The lowest BCUT2D eigenvalue weighted by Gasteiger charge is -2.07. The molecule has 98 valence electrons. The van der Waals surface area contributed by atoms with Crippen LogP contribution in [0.3, 0.4) is 0 Å². The van der Waals surface area contributed by atoms with Gasteiger partial charge in [0.15, 0.2) is 0 Å². The van der Waals surface area contributed by atoms with Crippen molar-refractivity contribution in [3.05, 3.63) is 48.7 Å². The fraction of sp³-hybridized carbons (Fsp3) is 0.333. The molecule has 2 aromatic rings. The maximum Gasteiger partial charge on any atom is 0.331 e. The van der Waals surface area contributed by atoms with Crippen LogP contribution in [0, 0.1) is 18.3 Å². The van der Waals surface area contributed by atoms with Crippen LogP contribution in [0.25, 0.3) is 0 Å². The predicted molar refractivity (Wildman–Crippen MR) is 71.3 cm³/mol. The number of hydrogen-bond acceptors (Lipinski definition) is 5. The van der Waals surface area contributed by atoms with Crippen molar-refractivity contribution >= 4 is 11.3 Å². The van der Waals surface area contributed by atoms with Crippen molar-refractivity contribution in [1.29, 1.82) is 5.26 Å².